The highest BCUT2D eigenvalue weighted by Crippen LogP contribution is 2.25. The summed E-state index contributed by atoms with van der Waals surface area (Å²) in [5.41, 5.74) is 3.31. The first-order valence-electron chi connectivity index (χ1n) is 6.41. The topological polar surface area (TPSA) is 31.4 Å². The van der Waals surface area contributed by atoms with E-state index in [0.717, 1.165) is 22.6 Å². The number of ether oxygens (including phenoxy) is 2. The number of nitrogens with zero attached hydrogens (tertiary/aromatic N) is 1. The fourth-order valence-corrected chi connectivity index (χ4v) is 2.03. The second-order valence-corrected chi connectivity index (χ2v) is 4.75. The van der Waals surface area contributed by atoms with Crippen molar-refractivity contribution in [2.24, 2.45) is 0 Å². The normalized spacial score (nSPS) is 10.4. The Morgan fingerprint density at radius 1 is 1.15 bits per heavy atom. The van der Waals surface area contributed by atoms with Crippen molar-refractivity contribution >= 4 is 0 Å². The lowest BCUT2D eigenvalue weighted by atomic mass is 10.1. The van der Waals surface area contributed by atoms with Gasteiger partial charge in [-0.2, -0.15) is 0 Å². The van der Waals surface area contributed by atoms with Crippen LogP contribution in [0.5, 0.6) is 11.5 Å². The molecule has 1 aromatic carbocycles. The Morgan fingerprint density at radius 2 is 1.90 bits per heavy atom. The summed E-state index contributed by atoms with van der Waals surface area (Å²) in [5.74, 6) is 1.04. The smallest absolute Gasteiger partial charge is 0.131 e. The number of hydrogen-bond donors (Lipinski definition) is 0. The van der Waals surface area contributed by atoms with Crippen LogP contribution in [0.1, 0.15) is 22.4 Å². The van der Waals surface area contributed by atoms with E-state index in [0.29, 0.717) is 11.3 Å². The molecular formula is C16H18FNO2. The first-order valence-corrected chi connectivity index (χ1v) is 6.41. The van der Waals surface area contributed by atoms with Gasteiger partial charge in [0.15, 0.2) is 0 Å². The molecule has 0 aliphatic heterocycles. The molecule has 0 radical (unpaired) electrons. The van der Waals surface area contributed by atoms with Gasteiger partial charge in [-0.05, 0) is 32.4 Å². The van der Waals surface area contributed by atoms with Crippen LogP contribution in [0.15, 0.2) is 24.4 Å². The number of methoxy groups -OCH3 is 1. The van der Waals surface area contributed by atoms with Crippen molar-refractivity contribution in [1.82, 2.24) is 4.98 Å². The van der Waals surface area contributed by atoms with Crippen LogP contribution in [-0.4, -0.2) is 12.1 Å². The lowest BCUT2D eigenvalue weighted by Gasteiger charge is -2.13. The minimum Gasteiger partial charge on any atom is -0.496 e. The SMILES string of the molecule is COc1c(C)cnc(COc2ccc(C)c(F)c2)c1C. The number of aromatic nitrogens is 1. The lowest BCUT2D eigenvalue weighted by Crippen LogP contribution is -2.04. The van der Waals surface area contributed by atoms with E-state index >= 15 is 0 Å². The summed E-state index contributed by atoms with van der Waals surface area (Å²) < 4.78 is 24.4. The van der Waals surface area contributed by atoms with E-state index in [1.807, 2.05) is 13.8 Å². The molecule has 2 aromatic rings. The average molecular weight is 275 g/mol. The Kier molecular flexibility index (Phi) is 4.23. The van der Waals surface area contributed by atoms with Crippen molar-refractivity contribution in [1.29, 1.82) is 0 Å². The van der Waals surface area contributed by atoms with Crippen LogP contribution in [0.25, 0.3) is 0 Å². The maximum atomic E-state index is 13.4. The van der Waals surface area contributed by atoms with Gasteiger partial charge in [-0.15, -0.1) is 0 Å². The van der Waals surface area contributed by atoms with Gasteiger partial charge in [0, 0.05) is 23.4 Å². The van der Waals surface area contributed by atoms with Gasteiger partial charge >= 0.3 is 0 Å². The van der Waals surface area contributed by atoms with Crippen molar-refractivity contribution in [2.75, 3.05) is 7.11 Å². The summed E-state index contributed by atoms with van der Waals surface area (Å²) >= 11 is 0. The molecule has 0 amide bonds. The van der Waals surface area contributed by atoms with Crippen molar-refractivity contribution < 1.29 is 13.9 Å². The summed E-state index contributed by atoms with van der Waals surface area (Å²) in [6, 6.07) is 4.83. The zero-order chi connectivity index (χ0) is 14.7. The molecule has 0 N–H and O–H groups in total. The van der Waals surface area contributed by atoms with Gasteiger partial charge in [-0.25, -0.2) is 4.39 Å². The number of rotatable bonds is 4. The van der Waals surface area contributed by atoms with E-state index in [1.54, 1.807) is 32.4 Å². The van der Waals surface area contributed by atoms with Gasteiger partial charge in [0.25, 0.3) is 0 Å². The molecule has 0 fully saturated rings. The fourth-order valence-electron chi connectivity index (χ4n) is 2.03. The molecule has 0 aliphatic carbocycles. The van der Waals surface area contributed by atoms with E-state index in [4.69, 9.17) is 9.47 Å². The van der Waals surface area contributed by atoms with E-state index in [-0.39, 0.29) is 12.4 Å². The summed E-state index contributed by atoms with van der Waals surface area (Å²) in [6.45, 7) is 5.88. The highest BCUT2D eigenvalue weighted by Gasteiger charge is 2.10. The zero-order valence-corrected chi connectivity index (χ0v) is 12.2. The Hall–Kier alpha value is -2.10. The Balaban J connectivity index is 2.16. The van der Waals surface area contributed by atoms with Gasteiger partial charge in [-0.1, -0.05) is 6.07 Å². The number of aryl methyl sites for hydroxylation is 2. The molecule has 2 rings (SSSR count). The number of halogens is 1. The first kappa shape index (κ1) is 14.3. The van der Waals surface area contributed by atoms with Gasteiger partial charge in [-0.3, -0.25) is 4.98 Å². The lowest BCUT2D eigenvalue weighted by molar-refractivity contribution is 0.297. The molecule has 0 aliphatic rings. The summed E-state index contributed by atoms with van der Waals surface area (Å²) in [7, 11) is 1.63. The van der Waals surface area contributed by atoms with Crippen LogP contribution in [0, 0.1) is 26.6 Å². The highest BCUT2D eigenvalue weighted by atomic mass is 19.1. The minimum atomic E-state index is -0.270. The second kappa shape index (κ2) is 5.90. The molecule has 0 spiro atoms. The maximum Gasteiger partial charge on any atom is 0.131 e. The second-order valence-electron chi connectivity index (χ2n) is 4.75. The van der Waals surface area contributed by atoms with Crippen molar-refractivity contribution in [3.63, 3.8) is 0 Å². The van der Waals surface area contributed by atoms with Crippen LogP contribution >= 0.6 is 0 Å². The molecule has 3 nitrogen and oxygen atoms in total. The van der Waals surface area contributed by atoms with Crippen molar-refractivity contribution in [3.8, 4) is 11.5 Å². The number of benzene rings is 1. The standard InChI is InChI=1S/C16H18FNO2/c1-10-5-6-13(7-14(10)17)20-9-15-12(3)16(19-4)11(2)8-18-15/h5-8H,9H2,1-4H3. The molecule has 20 heavy (non-hydrogen) atoms. The van der Waals surface area contributed by atoms with Crippen LogP contribution < -0.4 is 9.47 Å². The third-order valence-electron chi connectivity index (χ3n) is 3.27. The van der Waals surface area contributed by atoms with E-state index in [9.17, 15) is 4.39 Å². The quantitative estimate of drug-likeness (QED) is 0.852. The highest BCUT2D eigenvalue weighted by molar-refractivity contribution is 5.41. The third kappa shape index (κ3) is 2.90. The molecule has 0 saturated heterocycles. The third-order valence-corrected chi connectivity index (χ3v) is 3.27. The largest absolute Gasteiger partial charge is 0.496 e. The summed E-state index contributed by atoms with van der Waals surface area (Å²) in [6.07, 6.45) is 1.75. The molecular weight excluding hydrogens is 257 g/mol. The molecule has 4 heteroatoms. The first-order chi connectivity index (χ1) is 9.52. The summed E-state index contributed by atoms with van der Waals surface area (Å²) in [5, 5.41) is 0. The maximum absolute atomic E-state index is 13.4. The number of hydrogen-bond acceptors (Lipinski definition) is 3. The van der Waals surface area contributed by atoms with Crippen LogP contribution in [0.4, 0.5) is 4.39 Å². The molecule has 0 bridgehead atoms. The molecule has 106 valence electrons. The van der Waals surface area contributed by atoms with Gasteiger partial charge < -0.3 is 9.47 Å². The van der Waals surface area contributed by atoms with E-state index in [2.05, 4.69) is 4.98 Å². The minimum absolute atomic E-state index is 0.270. The fraction of sp³-hybridized carbons (Fsp3) is 0.312. The molecule has 1 aromatic heterocycles. The van der Waals surface area contributed by atoms with Gasteiger partial charge in [0.2, 0.25) is 0 Å². The molecule has 0 saturated carbocycles. The Morgan fingerprint density at radius 3 is 2.55 bits per heavy atom. The molecule has 1 heterocycles. The molecule has 0 unspecified atom stereocenters. The Labute approximate surface area is 118 Å². The van der Waals surface area contributed by atoms with Gasteiger partial charge in [0.05, 0.1) is 12.8 Å². The zero-order valence-electron chi connectivity index (χ0n) is 12.2. The summed E-state index contributed by atoms with van der Waals surface area (Å²) in [4.78, 5) is 4.34. The monoisotopic (exact) mass is 275 g/mol. The number of pyridine rings is 1. The van der Waals surface area contributed by atoms with E-state index in [1.165, 1.54) is 6.07 Å². The molecule has 0 atom stereocenters. The van der Waals surface area contributed by atoms with Crippen LogP contribution in [0.3, 0.4) is 0 Å². The van der Waals surface area contributed by atoms with Crippen LogP contribution in [-0.2, 0) is 6.61 Å². The predicted molar refractivity (Wildman–Crippen MR) is 75.7 cm³/mol. The van der Waals surface area contributed by atoms with Crippen molar-refractivity contribution in [2.45, 2.75) is 27.4 Å². The van der Waals surface area contributed by atoms with Gasteiger partial charge in [0.1, 0.15) is 23.9 Å². The van der Waals surface area contributed by atoms with E-state index < -0.39 is 0 Å². The van der Waals surface area contributed by atoms with Crippen LogP contribution in [0.2, 0.25) is 0 Å². The van der Waals surface area contributed by atoms with Crippen molar-refractivity contribution in [3.05, 3.63) is 52.6 Å². The Bertz CT molecular complexity index is 626. The predicted octanol–water partition coefficient (Wildman–Crippen LogP) is 3.73. The average Bonchev–Trinajstić information content (AvgIpc) is 2.42.